The number of anilines is 1. The van der Waals surface area contributed by atoms with Crippen LogP contribution in [0.2, 0.25) is 0 Å². The zero-order chi connectivity index (χ0) is 14.0. The molecule has 5 heteroatoms. The van der Waals surface area contributed by atoms with E-state index < -0.39 is 12.3 Å². The van der Waals surface area contributed by atoms with Crippen LogP contribution >= 0.6 is 0 Å². The third kappa shape index (κ3) is 2.93. The fourth-order valence-electron chi connectivity index (χ4n) is 2.20. The summed E-state index contributed by atoms with van der Waals surface area (Å²) in [4.78, 5) is 17.6. The van der Waals surface area contributed by atoms with Crippen molar-refractivity contribution < 1.29 is 9.90 Å². The Morgan fingerprint density at radius 1 is 1.42 bits per heavy atom. The number of carbonyl (C=O) groups excluding carboxylic acids is 1. The molecule has 1 fully saturated rings. The average Bonchev–Trinajstić information content (AvgIpc) is 2.66. The monoisotopic (exact) mass is 261 g/mol. The second-order valence-corrected chi connectivity index (χ2v) is 4.86. The Bertz CT molecular complexity index is 505. The molecule has 1 saturated heterocycles. The number of aliphatic hydroxyl groups is 1. The van der Waals surface area contributed by atoms with E-state index in [1.807, 2.05) is 32.0 Å². The van der Waals surface area contributed by atoms with Gasteiger partial charge in [0.25, 0.3) is 0 Å². The van der Waals surface area contributed by atoms with Gasteiger partial charge in [-0.3, -0.25) is 0 Å². The Morgan fingerprint density at radius 3 is 2.58 bits per heavy atom. The van der Waals surface area contributed by atoms with Crippen molar-refractivity contribution in [1.82, 2.24) is 4.90 Å². The van der Waals surface area contributed by atoms with Gasteiger partial charge in [0.2, 0.25) is 0 Å². The lowest BCUT2D eigenvalue weighted by molar-refractivity contribution is 0.0835. The first-order valence-electron chi connectivity index (χ1n) is 6.34. The molecule has 5 nitrogen and oxygen atoms in total. The summed E-state index contributed by atoms with van der Waals surface area (Å²) in [6.07, 6.45) is 0.705. The van der Waals surface area contributed by atoms with E-state index in [-0.39, 0.29) is 0 Å². The van der Waals surface area contributed by atoms with Gasteiger partial charge in [-0.2, -0.15) is 4.99 Å². The minimum atomic E-state index is -0.535. The molecule has 1 aliphatic rings. The van der Waals surface area contributed by atoms with Crippen LogP contribution in [0.5, 0.6) is 0 Å². The predicted octanol–water partition coefficient (Wildman–Crippen LogP) is 2.28. The Labute approximate surface area is 113 Å². The molecule has 1 heterocycles. The topological polar surface area (TPSA) is 64.9 Å². The van der Waals surface area contributed by atoms with Gasteiger partial charge in [0.05, 0.1) is 0 Å². The van der Waals surface area contributed by atoms with Crippen LogP contribution < -0.4 is 5.32 Å². The van der Waals surface area contributed by atoms with Crippen molar-refractivity contribution in [3.05, 3.63) is 29.3 Å². The molecule has 0 aromatic heterocycles. The summed E-state index contributed by atoms with van der Waals surface area (Å²) in [6, 6.07) is 5.45. The average molecular weight is 261 g/mol. The van der Waals surface area contributed by atoms with E-state index in [1.165, 1.54) is 0 Å². The number of hydrogen-bond acceptors (Lipinski definition) is 2. The Balaban J connectivity index is 2.12. The third-order valence-electron chi connectivity index (χ3n) is 3.42. The molecule has 2 amide bonds. The Morgan fingerprint density at radius 2 is 2.05 bits per heavy atom. The number of hydrogen-bond donors (Lipinski definition) is 2. The summed E-state index contributed by atoms with van der Waals surface area (Å²) in [5.41, 5.74) is 2.82. The normalized spacial score (nSPS) is 20.9. The van der Waals surface area contributed by atoms with Crippen molar-refractivity contribution >= 4 is 17.6 Å². The molecule has 0 saturated carbocycles. The maximum absolute atomic E-state index is 11.9. The number of amides is 2. The summed E-state index contributed by atoms with van der Waals surface area (Å²) in [7, 11) is 1.74. The number of aliphatic imine (C=N–C) groups is 1. The lowest BCUT2D eigenvalue weighted by atomic mass is 10.1. The number of amidine groups is 1. The number of para-hydroxylation sites is 1. The zero-order valence-corrected chi connectivity index (χ0v) is 11.5. The SMILES string of the molecule is Cc1cccc(C)c1NC(=O)/N=C1\CCC(O)N1C. The number of benzene rings is 1. The first-order valence-corrected chi connectivity index (χ1v) is 6.34. The fourth-order valence-corrected chi connectivity index (χ4v) is 2.20. The lowest BCUT2D eigenvalue weighted by Crippen LogP contribution is -2.29. The maximum atomic E-state index is 11.9. The molecular weight excluding hydrogens is 242 g/mol. The highest BCUT2D eigenvalue weighted by atomic mass is 16.3. The summed E-state index contributed by atoms with van der Waals surface area (Å²) >= 11 is 0. The van der Waals surface area contributed by atoms with Crippen LogP contribution in [0, 0.1) is 13.8 Å². The Hall–Kier alpha value is -1.88. The molecule has 102 valence electrons. The van der Waals surface area contributed by atoms with Gasteiger partial charge < -0.3 is 15.3 Å². The van der Waals surface area contributed by atoms with Crippen LogP contribution in [0.1, 0.15) is 24.0 Å². The van der Waals surface area contributed by atoms with Gasteiger partial charge >= 0.3 is 6.03 Å². The van der Waals surface area contributed by atoms with Gasteiger partial charge in [0.1, 0.15) is 12.1 Å². The summed E-state index contributed by atoms with van der Waals surface area (Å²) < 4.78 is 0. The van der Waals surface area contributed by atoms with E-state index in [0.29, 0.717) is 18.7 Å². The van der Waals surface area contributed by atoms with Gasteiger partial charge in [-0.05, 0) is 31.4 Å². The minimum Gasteiger partial charge on any atom is -0.374 e. The van der Waals surface area contributed by atoms with Gasteiger partial charge in [0.15, 0.2) is 0 Å². The lowest BCUT2D eigenvalue weighted by Gasteiger charge is -2.16. The molecule has 2 N–H and O–H groups in total. The second-order valence-electron chi connectivity index (χ2n) is 4.86. The molecule has 0 spiro atoms. The summed E-state index contributed by atoms with van der Waals surface area (Å²) in [5, 5.41) is 12.4. The van der Waals surface area contributed by atoms with Crippen molar-refractivity contribution in [3.63, 3.8) is 0 Å². The largest absolute Gasteiger partial charge is 0.374 e. The van der Waals surface area contributed by atoms with E-state index in [9.17, 15) is 9.90 Å². The van der Waals surface area contributed by atoms with Crippen LogP contribution in [0.3, 0.4) is 0 Å². The van der Waals surface area contributed by atoms with Gasteiger partial charge in [-0.15, -0.1) is 0 Å². The molecule has 0 aliphatic carbocycles. The molecular formula is C14H19N3O2. The van der Waals surface area contributed by atoms with Crippen molar-refractivity contribution in [3.8, 4) is 0 Å². The number of urea groups is 1. The van der Waals surface area contributed by atoms with Crippen LogP contribution in [-0.4, -0.2) is 35.1 Å². The smallest absolute Gasteiger partial charge is 0.347 e. The number of rotatable bonds is 1. The molecule has 1 atom stereocenters. The molecule has 1 aliphatic heterocycles. The van der Waals surface area contributed by atoms with E-state index in [1.54, 1.807) is 11.9 Å². The van der Waals surface area contributed by atoms with Crippen molar-refractivity contribution in [2.75, 3.05) is 12.4 Å². The highest BCUT2D eigenvalue weighted by Gasteiger charge is 2.24. The third-order valence-corrected chi connectivity index (χ3v) is 3.42. The van der Waals surface area contributed by atoms with E-state index in [4.69, 9.17) is 0 Å². The summed E-state index contributed by atoms with van der Waals surface area (Å²) in [5.74, 6) is 0.622. The molecule has 1 aromatic carbocycles. The first kappa shape index (κ1) is 13.5. The number of aliphatic hydroxyl groups excluding tert-OH is 1. The zero-order valence-electron chi connectivity index (χ0n) is 11.5. The molecule has 0 bridgehead atoms. The van der Waals surface area contributed by atoms with Crippen LogP contribution in [0.25, 0.3) is 0 Å². The quantitative estimate of drug-likeness (QED) is 0.815. The number of nitrogens with zero attached hydrogens (tertiary/aromatic N) is 2. The van der Waals surface area contributed by atoms with Crippen molar-refractivity contribution in [1.29, 1.82) is 0 Å². The van der Waals surface area contributed by atoms with E-state index in [2.05, 4.69) is 10.3 Å². The van der Waals surface area contributed by atoms with Crippen LogP contribution in [0.15, 0.2) is 23.2 Å². The standard InChI is InChI=1S/C14H19N3O2/c1-9-5-4-6-10(2)13(9)16-14(19)15-11-7-8-12(18)17(11)3/h4-6,12,18H,7-8H2,1-3H3,(H,16,19)/b15-11+. The number of aryl methyl sites for hydroxylation is 2. The number of nitrogens with one attached hydrogen (secondary N) is 1. The van der Waals surface area contributed by atoms with Gasteiger partial charge in [0, 0.05) is 19.2 Å². The summed E-state index contributed by atoms with van der Waals surface area (Å²) in [6.45, 7) is 3.89. The molecule has 19 heavy (non-hydrogen) atoms. The molecule has 1 aromatic rings. The second kappa shape index (κ2) is 5.40. The highest BCUT2D eigenvalue weighted by Crippen LogP contribution is 2.20. The fraction of sp³-hybridized carbons (Fsp3) is 0.429. The molecule has 2 rings (SSSR count). The van der Waals surface area contributed by atoms with Crippen LogP contribution in [-0.2, 0) is 0 Å². The Kier molecular flexibility index (Phi) is 3.85. The number of likely N-dealkylation sites (tertiary alicyclic amines) is 1. The van der Waals surface area contributed by atoms with Crippen molar-refractivity contribution in [2.45, 2.75) is 32.9 Å². The van der Waals surface area contributed by atoms with E-state index >= 15 is 0 Å². The van der Waals surface area contributed by atoms with E-state index in [0.717, 1.165) is 16.8 Å². The number of carbonyl (C=O) groups is 1. The first-order chi connectivity index (χ1) is 8.99. The van der Waals surface area contributed by atoms with Crippen LogP contribution in [0.4, 0.5) is 10.5 Å². The molecule has 1 unspecified atom stereocenters. The molecule has 0 radical (unpaired) electrons. The maximum Gasteiger partial charge on any atom is 0.347 e. The van der Waals surface area contributed by atoms with Gasteiger partial charge in [-0.1, -0.05) is 18.2 Å². The van der Waals surface area contributed by atoms with Gasteiger partial charge in [-0.25, -0.2) is 4.79 Å². The minimum absolute atomic E-state index is 0.395. The van der Waals surface area contributed by atoms with Crippen molar-refractivity contribution in [2.24, 2.45) is 4.99 Å². The predicted molar refractivity (Wildman–Crippen MR) is 75.4 cm³/mol. The highest BCUT2D eigenvalue weighted by molar-refractivity contribution is 6.01.